The minimum absolute atomic E-state index is 0.0797. The van der Waals surface area contributed by atoms with Crippen LogP contribution in [0.1, 0.15) is 26.2 Å². The normalized spacial score (nSPS) is 20.6. The lowest BCUT2D eigenvalue weighted by molar-refractivity contribution is 0.102. The van der Waals surface area contributed by atoms with Crippen LogP contribution in [0.5, 0.6) is 0 Å². The van der Waals surface area contributed by atoms with E-state index in [0.29, 0.717) is 5.84 Å². The van der Waals surface area contributed by atoms with Gasteiger partial charge in [-0.3, -0.25) is 4.90 Å². The summed E-state index contributed by atoms with van der Waals surface area (Å²) < 4.78 is 5.07. The van der Waals surface area contributed by atoms with E-state index in [4.69, 9.17) is 15.7 Å². The average molecular weight is 272 g/mol. The molecular formula is C13H28N4O2. The highest BCUT2D eigenvalue weighted by Crippen LogP contribution is 2.11. The largest absolute Gasteiger partial charge is 0.409 e. The second kappa shape index (κ2) is 9.12. The average Bonchev–Trinajstić information content (AvgIpc) is 2.45. The first-order valence-corrected chi connectivity index (χ1v) is 7.15. The van der Waals surface area contributed by atoms with E-state index < -0.39 is 0 Å². The van der Waals surface area contributed by atoms with Crippen LogP contribution in [-0.4, -0.2) is 73.3 Å². The van der Waals surface area contributed by atoms with Crippen LogP contribution in [0.4, 0.5) is 0 Å². The van der Waals surface area contributed by atoms with E-state index in [0.717, 1.165) is 58.6 Å². The summed E-state index contributed by atoms with van der Waals surface area (Å²) in [5.74, 6) is 0.342. The van der Waals surface area contributed by atoms with Crippen LogP contribution in [0, 0.1) is 0 Å². The Kier molecular flexibility index (Phi) is 7.78. The van der Waals surface area contributed by atoms with Gasteiger partial charge in [-0.15, -0.1) is 0 Å². The quantitative estimate of drug-likeness (QED) is 0.222. The number of nitrogens with zero attached hydrogens (tertiary/aromatic N) is 3. The molecule has 1 atom stereocenters. The molecule has 0 saturated carbocycles. The fourth-order valence-electron chi connectivity index (χ4n) is 2.59. The molecule has 0 amide bonds. The molecule has 0 spiro atoms. The molecule has 0 aromatic rings. The van der Waals surface area contributed by atoms with Crippen LogP contribution in [0.3, 0.4) is 0 Å². The Balaban J connectivity index is 2.38. The molecule has 0 aliphatic carbocycles. The smallest absolute Gasteiger partial charge is 0.156 e. The van der Waals surface area contributed by atoms with E-state index in [1.165, 1.54) is 0 Å². The highest BCUT2D eigenvalue weighted by Gasteiger charge is 2.25. The molecule has 1 heterocycles. The number of nitrogens with two attached hydrogens (primary N) is 1. The van der Waals surface area contributed by atoms with Crippen molar-refractivity contribution in [1.29, 1.82) is 0 Å². The summed E-state index contributed by atoms with van der Waals surface area (Å²) in [7, 11) is 1.74. The van der Waals surface area contributed by atoms with Gasteiger partial charge in [0.05, 0.1) is 6.04 Å². The molecule has 1 aliphatic rings. The summed E-state index contributed by atoms with van der Waals surface area (Å²) >= 11 is 0. The SMILES string of the molecule is CCCC(C(N)=NO)N1CCN(CCCOC)CC1. The summed E-state index contributed by atoms with van der Waals surface area (Å²) in [4.78, 5) is 4.77. The predicted molar refractivity (Wildman–Crippen MR) is 76.6 cm³/mol. The van der Waals surface area contributed by atoms with Gasteiger partial charge < -0.3 is 20.6 Å². The van der Waals surface area contributed by atoms with Gasteiger partial charge in [-0.2, -0.15) is 0 Å². The van der Waals surface area contributed by atoms with Gasteiger partial charge >= 0.3 is 0 Å². The molecular weight excluding hydrogens is 244 g/mol. The van der Waals surface area contributed by atoms with Crippen LogP contribution in [0.2, 0.25) is 0 Å². The molecule has 1 saturated heterocycles. The van der Waals surface area contributed by atoms with Crippen LogP contribution in [-0.2, 0) is 4.74 Å². The molecule has 6 nitrogen and oxygen atoms in total. The molecule has 112 valence electrons. The van der Waals surface area contributed by atoms with Gasteiger partial charge in [0.2, 0.25) is 0 Å². The molecule has 0 bridgehead atoms. The van der Waals surface area contributed by atoms with Gasteiger partial charge in [-0.25, -0.2) is 0 Å². The second-order valence-electron chi connectivity index (χ2n) is 5.05. The predicted octanol–water partition coefficient (Wildman–Crippen LogP) is 0.556. The molecule has 19 heavy (non-hydrogen) atoms. The molecule has 1 rings (SSSR count). The number of piperazine rings is 1. The lowest BCUT2D eigenvalue weighted by atomic mass is 10.1. The lowest BCUT2D eigenvalue weighted by Crippen LogP contribution is -2.54. The van der Waals surface area contributed by atoms with Gasteiger partial charge in [0.15, 0.2) is 5.84 Å². The van der Waals surface area contributed by atoms with Crippen molar-refractivity contribution in [3.63, 3.8) is 0 Å². The van der Waals surface area contributed by atoms with Crippen molar-refractivity contribution in [2.45, 2.75) is 32.2 Å². The Bertz CT molecular complexity index is 265. The number of rotatable bonds is 8. The summed E-state index contributed by atoms with van der Waals surface area (Å²) in [6.45, 7) is 8.08. The van der Waals surface area contributed by atoms with Crippen LogP contribution in [0.25, 0.3) is 0 Å². The summed E-state index contributed by atoms with van der Waals surface area (Å²) in [6.07, 6.45) is 3.06. The molecule has 1 fully saturated rings. The van der Waals surface area contributed by atoms with E-state index in [1.807, 2.05) is 0 Å². The van der Waals surface area contributed by atoms with Gasteiger partial charge in [0.25, 0.3) is 0 Å². The van der Waals surface area contributed by atoms with Crippen molar-refractivity contribution in [3.05, 3.63) is 0 Å². The third kappa shape index (κ3) is 5.34. The Hall–Kier alpha value is -0.850. The highest BCUT2D eigenvalue weighted by atomic mass is 16.5. The second-order valence-corrected chi connectivity index (χ2v) is 5.05. The van der Waals surface area contributed by atoms with Crippen LogP contribution >= 0.6 is 0 Å². The Morgan fingerprint density at radius 3 is 2.58 bits per heavy atom. The zero-order valence-corrected chi connectivity index (χ0v) is 12.2. The van der Waals surface area contributed by atoms with Crippen LogP contribution < -0.4 is 5.73 Å². The standard InChI is InChI=1S/C13H28N4O2/c1-3-5-12(13(14)15-18)17-9-7-16(8-10-17)6-4-11-19-2/h12,18H,3-11H2,1-2H3,(H2,14,15). The van der Waals surface area contributed by atoms with Crippen molar-refractivity contribution >= 4 is 5.84 Å². The number of oxime groups is 1. The molecule has 0 aromatic heterocycles. The summed E-state index contributed by atoms with van der Waals surface area (Å²) in [5, 5.41) is 12.1. The van der Waals surface area contributed by atoms with E-state index >= 15 is 0 Å². The van der Waals surface area contributed by atoms with Crippen molar-refractivity contribution < 1.29 is 9.94 Å². The number of hydrogen-bond donors (Lipinski definition) is 2. The number of methoxy groups -OCH3 is 1. The highest BCUT2D eigenvalue weighted by molar-refractivity contribution is 5.85. The first kappa shape index (κ1) is 16.2. The van der Waals surface area contributed by atoms with Crippen molar-refractivity contribution in [2.24, 2.45) is 10.9 Å². The molecule has 0 aromatic carbocycles. The fraction of sp³-hybridized carbons (Fsp3) is 0.923. The zero-order valence-electron chi connectivity index (χ0n) is 12.2. The minimum Gasteiger partial charge on any atom is -0.409 e. The van der Waals surface area contributed by atoms with Gasteiger partial charge in [0, 0.05) is 46.4 Å². The summed E-state index contributed by atoms with van der Waals surface area (Å²) in [6, 6.07) is 0.0797. The summed E-state index contributed by atoms with van der Waals surface area (Å²) in [5.41, 5.74) is 5.80. The van der Waals surface area contributed by atoms with E-state index in [-0.39, 0.29) is 6.04 Å². The zero-order chi connectivity index (χ0) is 14.1. The lowest BCUT2D eigenvalue weighted by Gasteiger charge is -2.38. The molecule has 0 radical (unpaired) electrons. The fourth-order valence-corrected chi connectivity index (χ4v) is 2.59. The van der Waals surface area contributed by atoms with Gasteiger partial charge in [-0.1, -0.05) is 18.5 Å². The van der Waals surface area contributed by atoms with Crippen molar-refractivity contribution in [1.82, 2.24) is 9.80 Å². The maximum absolute atomic E-state index is 8.87. The number of hydrogen-bond acceptors (Lipinski definition) is 5. The number of amidine groups is 1. The van der Waals surface area contributed by atoms with E-state index in [9.17, 15) is 0 Å². The van der Waals surface area contributed by atoms with Gasteiger partial charge in [-0.05, 0) is 12.8 Å². The third-order valence-corrected chi connectivity index (χ3v) is 3.69. The first-order chi connectivity index (χ1) is 9.22. The minimum atomic E-state index is 0.0797. The maximum atomic E-state index is 8.87. The van der Waals surface area contributed by atoms with E-state index in [2.05, 4.69) is 21.9 Å². The molecule has 1 aliphatic heterocycles. The van der Waals surface area contributed by atoms with Crippen molar-refractivity contribution in [3.8, 4) is 0 Å². The topological polar surface area (TPSA) is 74.3 Å². The van der Waals surface area contributed by atoms with E-state index in [1.54, 1.807) is 7.11 Å². The van der Waals surface area contributed by atoms with Crippen molar-refractivity contribution in [2.75, 3.05) is 46.4 Å². The molecule has 3 N–H and O–H groups in total. The monoisotopic (exact) mass is 272 g/mol. The first-order valence-electron chi connectivity index (χ1n) is 7.15. The molecule has 6 heteroatoms. The molecule has 1 unspecified atom stereocenters. The Morgan fingerprint density at radius 2 is 2.05 bits per heavy atom. The Labute approximate surface area is 116 Å². The Morgan fingerprint density at radius 1 is 1.37 bits per heavy atom. The third-order valence-electron chi connectivity index (χ3n) is 3.69. The van der Waals surface area contributed by atoms with Crippen LogP contribution in [0.15, 0.2) is 5.16 Å². The number of ether oxygens (including phenoxy) is 1. The van der Waals surface area contributed by atoms with Gasteiger partial charge in [0.1, 0.15) is 0 Å². The maximum Gasteiger partial charge on any atom is 0.156 e.